The highest BCUT2D eigenvalue weighted by atomic mass is 127. The highest BCUT2D eigenvalue weighted by molar-refractivity contribution is 14.0. The van der Waals surface area contributed by atoms with Crippen LogP contribution in [0.25, 0.3) is 0 Å². The van der Waals surface area contributed by atoms with Crippen LogP contribution in [-0.4, -0.2) is 41.1 Å². The van der Waals surface area contributed by atoms with E-state index in [2.05, 4.69) is 46.6 Å². The van der Waals surface area contributed by atoms with Crippen molar-refractivity contribution >= 4 is 53.0 Å². The summed E-state index contributed by atoms with van der Waals surface area (Å²) in [4.78, 5) is 9.25. The number of hydrogen-bond acceptors (Lipinski definition) is 4. The molecule has 0 radical (unpaired) electrons. The summed E-state index contributed by atoms with van der Waals surface area (Å²) in [5.41, 5.74) is 1.17. The Kier molecular flexibility index (Phi) is 9.08. The second kappa shape index (κ2) is 9.97. The van der Waals surface area contributed by atoms with Crippen LogP contribution < -0.4 is 10.6 Å². The van der Waals surface area contributed by atoms with Crippen molar-refractivity contribution in [1.29, 1.82) is 0 Å². The van der Waals surface area contributed by atoms with Crippen molar-refractivity contribution in [3.05, 3.63) is 16.1 Å². The maximum Gasteiger partial charge on any atom is 0.191 e. The highest BCUT2D eigenvalue weighted by Crippen LogP contribution is 2.37. The Bertz CT molecular complexity index is 470. The van der Waals surface area contributed by atoms with E-state index in [1.165, 1.54) is 24.3 Å². The van der Waals surface area contributed by atoms with Crippen LogP contribution >= 0.6 is 47.1 Å². The third kappa shape index (κ3) is 6.62. The van der Waals surface area contributed by atoms with E-state index < -0.39 is 0 Å². The van der Waals surface area contributed by atoms with Crippen LogP contribution in [0.3, 0.4) is 0 Å². The highest BCUT2D eigenvalue weighted by Gasteiger charge is 2.29. The van der Waals surface area contributed by atoms with E-state index in [9.17, 15) is 0 Å². The lowest BCUT2D eigenvalue weighted by atomic mass is 10.1. The Morgan fingerprint density at radius 3 is 2.86 bits per heavy atom. The average Bonchev–Trinajstić information content (AvgIpc) is 3.06. The maximum absolute atomic E-state index is 4.76. The van der Waals surface area contributed by atoms with Crippen LogP contribution in [-0.2, 0) is 6.42 Å². The molecule has 1 aliphatic rings. The van der Waals surface area contributed by atoms with Crippen molar-refractivity contribution in [1.82, 2.24) is 15.6 Å². The number of halogens is 1. The third-order valence-electron chi connectivity index (χ3n) is 3.56. The Balaban J connectivity index is 0.00000242. The van der Waals surface area contributed by atoms with Gasteiger partial charge in [0, 0.05) is 29.6 Å². The van der Waals surface area contributed by atoms with Gasteiger partial charge >= 0.3 is 0 Å². The van der Waals surface area contributed by atoms with Gasteiger partial charge in [0.25, 0.3) is 0 Å². The monoisotopic (exact) mass is 454 g/mol. The van der Waals surface area contributed by atoms with Gasteiger partial charge in [-0.05, 0) is 39.4 Å². The smallest absolute Gasteiger partial charge is 0.191 e. The number of aliphatic imine (C=N–C) groups is 1. The number of hydrogen-bond donors (Lipinski definition) is 2. The molecule has 2 heterocycles. The fraction of sp³-hybridized carbons (Fsp3) is 0.733. The molecule has 1 aliphatic heterocycles. The summed E-state index contributed by atoms with van der Waals surface area (Å²) < 4.78 is 0.328. The summed E-state index contributed by atoms with van der Waals surface area (Å²) in [6.07, 6.45) is 3.54. The first-order valence-corrected chi connectivity index (χ1v) is 9.55. The minimum atomic E-state index is 0. The number of thioether (sulfide) groups is 1. The zero-order chi connectivity index (χ0) is 15.1. The molecule has 22 heavy (non-hydrogen) atoms. The topological polar surface area (TPSA) is 49.3 Å². The molecule has 126 valence electrons. The molecule has 0 aromatic carbocycles. The Morgan fingerprint density at radius 1 is 1.45 bits per heavy atom. The summed E-state index contributed by atoms with van der Waals surface area (Å²) in [5.74, 6) is 2.21. The molecule has 0 spiro atoms. The van der Waals surface area contributed by atoms with E-state index in [4.69, 9.17) is 4.99 Å². The molecule has 7 heteroatoms. The van der Waals surface area contributed by atoms with Crippen LogP contribution in [0.1, 0.15) is 37.4 Å². The average molecular weight is 454 g/mol. The number of guanidine groups is 1. The lowest BCUT2D eigenvalue weighted by Crippen LogP contribution is -2.39. The first kappa shape index (κ1) is 20.0. The zero-order valence-corrected chi connectivity index (χ0v) is 17.6. The van der Waals surface area contributed by atoms with Gasteiger partial charge in [-0.25, -0.2) is 4.98 Å². The molecule has 1 saturated heterocycles. The van der Waals surface area contributed by atoms with Crippen LogP contribution in [0.2, 0.25) is 0 Å². The minimum absolute atomic E-state index is 0. The maximum atomic E-state index is 4.76. The number of nitrogens with zero attached hydrogens (tertiary/aromatic N) is 2. The Morgan fingerprint density at radius 2 is 2.27 bits per heavy atom. The van der Waals surface area contributed by atoms with Crippen LogP contribution in [0.15, 0.2) is 10.4 Å². The standard InChI is InChI=1S/C15H26N4S2.HI/c1-4-16-14(18-11-15(3)7-5-9-21-15)17-8-6-13-10-20-12(2)19-13;/h10H,4-9,11H2,1-3H3,(H2,16,17,18);1H. The fourth-order valence-corrected chi connectivity index (χ4v) is 4.25. The van der Waals surface area contributed by atoms with Crippen LogP contribution in [0.5, 0.6) is 0 Å². The SMILES string of the molecule is CCNC(=NCC1(C)CCCS1)NCCc1csc(C)n1.I. The van der Waals surface area contributed by atoms with Crippen molar-refractivity contribution in [2.24, 2.45) is 4.99 Å². The summed E-state index contributed by atoms with van der Waals surface area (Å²) >= 11 is 3.77. The van der Waals surface area contributed by atoms with Crippen LogP contribution in [0.4, 0.5) is 0 Å². The molecule has 2 N–H and O–H groups in total. The molecule has 1 atom stereocenters. The molecular formula is C15H27IN4S2. The summed E-state index contributed by atoms with van der Waals surface area (Å²) in [6, 6.07) is 0. The van der Waals surface area contributed by atoms with Gasteiger partial charge in [0.2, 0.25) is 0 Å². The number of nitrogens with one attached hydrogen (secondary N) is 2. The predicted octanol–water partition coefficient (Wildman–Crippen LogP) is 3.45. The van der Waals surface area contributed by atoms with E-state index in [1.54, 1.807) is 11.3 Å². The van der Waals surface area contributed by atoms with Gasteiger partial charge in [0.05, 0.1) is 17.2 Å². The van der Waals surface area contributed by atoms with Crippen molar-refractivity contribution in [3.63, 3.8) is 0 Å². The minimum Gasteiger partial charge on any atom is -0.357 e. The second-order valence-corrected chi connectivity index (χ2v) is 8.38. The van der Waals surface area contributed by atoms with Crippen molar-refractivity contribution in [2.75, 3.05) is 25.4 Å². The van der Waals surface area contributed by atoms with E-state index in [0.29, 0.717) is 4.75 Å². The second-order valence-electron chi connectivity index (χ2n) is 5.63. The lowest BCUT2D eigenvalue weighted by Gasteiger charge is -2.21. The molecule has 1 aromatic rings. The summed E-state index contributed by atoms with van der Waals surface area (Å²) in [7, 11) is 0. The zero-order valence-electron chi connectivity index (χ0n) is 13.6. The van der Waals surface area contributed by atoms with E-state index in [-0.39, 0.29) is 24.0 Å². The first-order valence-electron chi connectivity index (χ1n) is 7.68. The lowest BCUT2D eigenvalue weighted by molar-refractivity contribution is 0.614. The van der Waals surface area contributed by atoms with Gasteiger partial charge in [-0.15, -0.1) is 35.3 Å². The molecule has 0 amide bonds. The van der Waals surface area contributed by atoms with Gasteiger partial charge in [-0.2, -0.15) is 11.8 Å². The molecule has 1 fully saturated rings. The van der Waals surface area contributed by atoms with Gasteiger partial charge in [-0.1, -0.05) is 0 Å². The Labute approximate surface area is 159 Å². The number of aromatic nitrogens is 1. The fourth-order valence-electron chi connectivity index (χ4n) is 2.38. The largest absolute Gasteiger partial charge is 0.357 e. The van der Waals surface area contributed by atoms with Crippen molar-refractivity contribution in [3.8, 4) is 0 Å². The molecule has 1 aromatic heterocycles. The van der Waals surface area contributed by atoms with Gasteiger partial charge in [0.1, 0.15) is 0 Å². The van der Waals surface area contributed by atoms with Gasteiger partial charge in [-0.3, -0.25) is 4.99 Å². The van der Waals surface area contributed by atoms with E-state index in [1.807, 2.05) is 6.92 Å². The Hall–Kier alpha value is -0.0200. The summed E-state index contributed by atoms with van der Waals surface area (Å²) in [5, 5.41) is 10.0. The third-order valence-corrected chi connectivity index (χ3v) is 5.90. The number of thiazole rings is 1. The van der Waals surface area contributed by atoms with Crippen molar-refractivity contribution < 1.29 is 0 Å². The molecule has 0 saturated carbocycles. The molecule has 0 bridgehead atoms. The van der Waals surface area contributed by atoms with Gasteiger partial charge < -0.3 is 10.6 Å². The predicted molar refractivity (Wildman–Crippen MR) is 110 cm³/mol. The van der Waals surface area contributed by atoms with Crippen molar-refractivity contribution in [2.45, 2.75) is 44.8 Å². The molecule has 1 unspecified atom stereocenters. The normalized spacial score (nSPS) is 21.5. The molecular weight excluding hydrogens is 427 g/mol. The van der Waals surface area contributed by atoms with E-state index in [0.717, 1.165) is 37.0 Å². The molecule has 4 nitrogen and oxygen atoms in total. The van der Waals surface area contributed by atoms with Gasteiger partial charge in [0.15, 0.2) is 5.96 Å². The molecule has 0 aliphatic carbocycles. The molecule has 2 rings (SSSR count). The number of aryl methyl sites for hydroxylation is 1. The summed E-state index contributed by atoms with van der Waals surface area (Å²) in [6.45, 7) is 9.14. The van der Waals surface area contributed by atoms with Crippen LogP contribution in [0, 0.1) is 6.92 Å². The first-order chi connectivity index (χ1) is 10.1. The quantitative estimate of drug-likeness (QED) is 0.393. The number of rotatable bonds is 6. The van der Waals surface area contributed by atoms with E-state index >= 15 is 0 Å².